The molecule has 0 aliphatic heterocycles. The third kappa shape index (κ3) is 2.22. The van der Waals surface area contributed by atoms with Crippen LogP contribution in [-0.4, -0.2) is 4.98 Å². The molecule has 3 rings (SSSR count). The number of para-hydroxylation sites is 1. The molecule has 0 saturated carbocycles. The van der Waals surface area contributed by atoms with Crippen LogP contribution < -0.4 is 0 Å². The number of fused-ring (bicyclic) bond motifs is 1. The van der Waals surface area contributed by atoms with E-state index in [0.717, 1.165) is 27.7 Å². The van der Waals surface area contributed by atoms with E-state index in [4.69, 9.17) is 16.6 Å². The SMILES string of the molecule is Cc1cccc2cc(CCl)c(-c3ccccc3)nc12. The monoisotopic (exact) mass is 267 g/mol. The fourth-order valence-electron chi connectivity index (χ4n) is 2.34. The molecule has 2 heteroatoms. The third-order valence-electron chi connectivity index (χ3n) is 3.32. The van der Waals surface area contributed by atoms with Crippen molar-refractivity contribution in [2.45, 2.75) is 12.8 Å². The highest BCUT2D eigenvalue weighted by Gasteiger charge is 2.09. The Kier molecular flexibility index (Phi) is 3.22. The Bertz CT molecular complexity index is 720. The number of halogens is 1. The first kappa shape index (κ1) is 12.2. The van der Waals surface area contributed by atoms with Crippen LogP contribution in [0.25, 0.3) is 22.2 Å². The lowest BCUT2D eigenvalue weighted by Gasteiger charge is -2.10. The summed E-state index contributed by atoms with van der Waals surface area (Å²) in [5, 5.41) is 1.15. The van der Waals surface area contributed by atoms with Crippen molar-refractivity contribution in [1.29, 1.82) is 0 Å². The van der Waals surface area contributed by atoms with Crippen LogP contribution in [0.5, 0.6) is 0 Å². The van der Waals surface area contributed by atoms with E-state index in [2.05, 4.69) is 43.3 Å². The maximum Gasteiger partial charge on any atom is 0.0753 e. The Morgan fingerprint density at radius 2 is 1.79 bits per heavy atom. The number of hydrogen-bond donors (Lipinski definition) is 0. The third-order valence-corrected chi connectivity index (χ3v) is 3.61. The molecule has 0 atom stereocenters. The molecule has 94 valence electrons. The maximum absolute atomic E-state index is 6.08. The number of hydrogen-bond acceptors (Lipinski definition) is 1. The van der Waals surface area contributed by atoms with Crippen LogP contribution in [0.1, 0.15) is 11.1 Å². The van der Waals surface area contributed by atoms with Crippen LogP contribution in [0.3, 0.4) is 0 Å². The van der Waals surface area contributed by atoms with Crippen LogP contribution in [0, 0.1) is 6.92 Å². The molecule has 0 fully saturated rings. The normalized spacial score (nSPS) is 10.8. The molecule has 1 aromatic heterocycles. The molecule has 0 N–H and O–H groups in total. The zero-order valence-corrected chi connectivity index (χ0v) is 11.5. The number of aryl methyl sites for hydroxylation is 1. The van der Waals surface area contributed by atoms with E-state index in [9.17, 15) is 0 Å². The van der Waals surface area contributed by atoms with Gasteiger partial charge in [0.2, 0.25) is 0 Å². The molecule has 0 bridgehead atoms. The molecule has 0 aliphatic carbocycles. The lowest BCUT2D eigenvalue weighted by molar-refractivity contribution is 1.28. The number of alkyl halides is 1. The number of aromatic nitrogens is 1. The minimum Gasteiger partial charge on any atom is -0.247 e. The largest absolute Gasteiger partial charge is 0.247 e. The molecule has 0 aliphatic rings. The Balaban J connectivity index is 2.32. The molecule has 1 nitrogen and oxygen atoms in total. The zero-order chi connectivity index (χ0) is 13.2. The summed E-state index contributed by atoms with van der Waals surface area (Å²) in [4.78, 5) is 4.83. The fourth-order valence-corrected chi connectivity index (χ4v) is 2.54. The van der Waals surface area contributed by atoms with Gasteiger partial charge in [-0.25, -0.2) is 4.98 Å². The van der Waals surface area contributed by atoms with Gasteiger partial charge in [-0.05, 0) is 24.1 Å². The first-order valence-electron chi connectivity index (χ1n) is 6.30. The van der Waals surface area contributed by atoms with Gasteiger partial charge in [-0.3, -0.25) is 0 Å². The van der Waals surface area contributed by atoms with Gasteiger partial charge >= 0.3 is 0 Å². The standard InChI is InChI=1S/C17H14ClN/c1-12-6-5-9-14-10-15(11-18)17(19-16(12)14)13-7-3-2-4-8-13/h2-10H,11H2,1H3. The summed E-state index contributed by atoms with van der Waals surface area (Å²) in [6, 6.07) is 18.6. The predicted molar refractivity (Wildman–Crippen MR) is 81.5 cm³/mol. The predicted octanol–water partition coefficient (Wildman–Crippen LogP) is 4.95. The highest BCUT2D eigenvalue weighted by Crippen LogP contribution is 2.27. The zero-order valence-electron chi connectivity index (χ0n) is 10.7. The number of pyridine rings is 1. The molecule has 1 heterocycles. The van der Waals surface area contributed by atoms with Crippen molar-refractivity contribution in [3.63, 3.8) is 0 Å². The molecular weight excluding hydrogens is 254 g/mol. The lowest BCUT2D eigenvalue weighted by atomic mass is 10.0. The summed E-state index contributed by atoms with van der Waals surface area (Å²) in [7, 11) is 0. The van der Waals surface area contributed by atoms with Crippen molar-refractivity contribution in [2.75, 3.05) is 0 Å². The second-order valence-electron chi connectivity index (χ2n) is 4.64. The van der Waals surface area contributed by atoms with E-state index in [0.29, 0.717) is 5.88 Å². The smallest absolute Gasteiger partial charge is 0.0753 e. The molecular formula is C17H14ClN. The summed E-state index contributed by atoms with van der Waals surface area (Å²) in [6.07, 6.45) is 0. The molecule has 0 spiro atoms. The Morgan fingerprint density at radius 3 is 2.53 bits per heavy atom. The van der Waals surface area contributed by atoms with E-state index >= 15 is 0 Å². The van der Waals surface area contributed by atoms with Crippen LogP contribution in [0.2, 0.25) is 0 Å². The van der Waals surface area contributed by atoms with Crippen LogP contribution in [0.15, 0.2) is 54.6 Å². The average molecular weight is 268 g/mol. The lowest BCUT2D eigenvalue weighted by Crippen LogP contribution is -1.93. The van der Waals surface area contributed by atoms with Gasteiger partial charge in [0, 0.05) is 16.8 Å². The summed E-state index contributed by atoms with van der Waals surface area (Å²) in [5.74, 6) is 0.473. The Hall–Kier alpha value is -1.86. The van der Waals surface area contributed by atoms with Gasteiger partial charge in [0.15, 0.2) is 0 Å². The van der Waals surface area contributed by atoms with Gasteiger partial charge in [0.05, 0.1) is 11.2 Å². The summed E-state index contributed by atoms with van der Waals surface area (Å²) < 4.78 is 0. The average Bonchev–Trinajstić information content (AvgIpc) is 2.47. The van der Waals surface area contributed by atoms with Crippen molar-refractivity contribution in [1.82, 2.24) is 4.98 Å². The van der Waals surface area contributed by atoms with Crippen molar-refractivity contribution < 1.29 is 0 Å². The second kappa shape index (κ2) is 5.02. The van der Waals surface area contributed by atoms with Crippen LogP contribution >= 0.6 is 11.6 Å². The minimum atomic E-state index is 0.473. The molecule has 19 heavy (non-hydrogen) atoms. The van der Waals surface area contributed by atoms with E-state index in [1.807, 2.05) is 18.2 Å². The van der Waals surface area contributed by atoms with Gasteiger partial charge in [-0.1, -0.05) is 48.5 Å². The second-order valence-corrected chi connectivity index (χ2v) is 4.91. The Labute approximate surface area is 117 Å². The molecule has 0 saturated heterocycles. The molecule has 0 unspecified atom stereocenters. The minimum absolute atomic E-state index is 0.473. The number of benzene rings is 2. The van der Waals surface area contributed by atoms with Crippen LogP contribution in [0.4, 0.5) is 0 Å². The van der Waals surface area contributed by atoms with Gasteiger partial charge in [-0.2, -0.15) is 0 Å². The fraction of sp³-hybridized carbons (Fsp3) is 0.118. The van der Waals surface area contributed by atoms with Crippen molar-refractivity contribution in [3.05, 3.63) is 65.7 Å². The maximum atomic E-state index is 6.08. The van der Waals surface area contributed by atoms with Crippen molar-refractivity contribution in [3.8, 4) is 11.3 Å². The highest BCUT2D eigenvalue weighted by molar-refractivity contribution is 6.17. The van der Waals surface area contributed by atoms with E-state index in [1.165, 1.54) is 5.56 Å². The summed E-state index contributed by atoms with van der Waals surface area (Å²) in [6.45, 7) is 2.09. The highest BCUT2D eigenvalue weighted by atomic mass is 35.5. The van der Waals surface area contributed by atoms with E-state index < -0.39 is 0 Å². The Morgan fingerprint density at radius 1 is 1.00 bits per heavy atom. The van der Waals surface area contributed by atoms with Gasteiger partial charge < -0.3 is 0 Å². The van der Waals surface area contributed by atoms with Gasteiger partial charge in [0.25, 0.3) is 0 Å². The number of rotatable bonds is 2. The van der Waals surface area contributed by atoms with Crippen LogP contribution in [-0.2, 0) is 5.88 Å². The first-order chi connectivity index (χ1) is 9.29. The topological polar surface area (TPSA) is 12.9 Å². The molecule has 0 amide bonds. The quantitative estimate of drug-likeness (QED) is 0.599. The molecule has 0 radical (unpaired) electrons. The van der Waals surface area contributed by atoms with Crippen molar-refractivity contribution in [2.24, 2.45) is 0 Å². The first-order valence-corrected chi connectivity index (χ1v) is 6.83. The number of nitrogens with zero attached hydrogens (tertiary/aromatic N) is 1. The summed E-state index contributed by atoms with van der Waals surface area (Å²) in [5.41, 5.74) is 5.41. The van der Waals surface area contributed by atoms with E-state index in [-0.39, 0.29) is 0 Å². The van der Waals surface area contributed by atoms with Gasteiger partial charge in [0.1, 0.15) is 0 Å². The molecule has 2 aromatic carbocycles. The summed E-state index contributed by atoms with van der Waals surface area (Å²) >= 11 is 6.08. The van der Waals surface area contributed by atoms with Gasteiger partial charge in [-0.15, -0.1) is 11.6 Å². The van der Waals surface area contributed by atoms with E-state index in [1.54, 1.807) is 0 Å². The molecule has 3 aromatic rings. The van der Waals surface area contributed by atoms with Crippen molar-refractivity contribution >= 4 is 22.5 Å².